The first kappa shape index (κ1) is 15.6. The Balaban J connectivity index is 1.61. The molecule has 1 aliphatic heterocycles. The number of imidazole rings is 1. The van der Waals surface area contributed by atoms with E-state index in [2.05, 4.69) is 20.3 Å². The molecule has 1 fully saturated rings. The second-order valence-corrected chi connectivity index (χ2v) is 6.81. The number of aromatic nitrogens is 3. The molecule has 124 valence electrons. The van der Waals surface area contributed by atoms with E-state index in [0.717, 1.165) is 24.9 Å². The van der Waals surface area contributed by atoms with Crippen molar-refractivity contribution in [3.63, 3.8) is 0 Å². The number of fused-ring (bicyclic) bond motifs is 1. The van der Waals surface area contributed by atoms with Gasteiger partial charge in [-0.1, -0.05) is 0 Å². The lowest BCUT2D eigenvalue weighted by atomic mass is 10.2. The molecule has 7 heteroatoms. The van der Waals surface area contributed by atoms with Crippen LogP contribution in [-0.4, -0.2) is 50.7 Å². The van der Waals surface area contributed by atoms with Crippen molar-refractivity contribution in [3.05, 3.63) is 18.3 Å². The van der Waals surface area contributed by atoms with Gasteiger partial charge in [0.1, 0.15) is 5.60 Å². The maximum atomic E-state index is 12.3. The Hall–Kier alpha value is -2.31. The van der Waals surface area contributed by atoms with Crippen LogP contribution in [0.2, 0.25) is 0 Å². The van der Waals surface area contributed by atoms with E-state index in [1.54, 1.807) is 11.1 Å². The van der Waals surface area contributed by atoms with Gasteiger partial charge in [-0.3, -0.25) is 0 Å². The van der Waals surface area contributed by atoms with Crippen molar-refractivity contribution in [1.29, 1.82) is 0 Å². The first-order chi connectivity index (χ1) is 10.9. The molecule has 2 aromatic heterocycles. The summed E-state index contributed by atoms with van der Waals surface area (Å²) in [6.45, 7) is 7.03. The number of likely N-dealkylation sites (tertiary alicyclic amines) is 1. The number of anilines is 1. The highest BCUT2D eigenvalue weighted by Crippen LogP contribution is 2.21. The Kier molecular flexibility index (Phi) is 4.11. The molecule has 2 aromatic rings. The summed E-state index contributed by atoms with van der Waals surface area (Å²) in [5, 5.41) is 3.27. The van der Waals surface area contributed by atoms with Crippen molar-refractivity contribution >= 4 is 23.2 Å². The molecule has 0 aliphatic carbocycles. The molecule has 1 unspecified atom stereocenters. The third kappa shape index (κ3) is 3.72. The van der Waals surface area contributed by atoms with E-state index < -0.39 is 5.60 Å². The molecule has 0 saturated carbocycles. The Bertz CT molecular complexity index is 658. The van der Waals surface area contributed by atoms with Crippen LogP contribution >= 0.6 is 0 Å². The third-order valence-corrected chi connectivity index (χ3v) is 3.77. The number of aromatic amines is 1. The lowest BCUT2D eigenvalue weighted by Gasteiger charge is -2.28. The fourth-order valence-corrected chi connectivity index (χ4v) is 2.75. The van der Waals surface area contributed by atoms with Crippen LogP contribution in [-0.2, 0) is 4.74 Å². The van der Waals surface area contributed by atoms with Crippen LogP contribution < -0.4 is 5.32 Å². The Labute approximate surface area is 135 Å². The van der Waals surface area contributed by atoms with Gasteiger partial charge in [0.15, 0.2) is 5.65 Å². The summed E-state index contributed by atoms with van der Waals surface area (Å²) in [5.74, 6) is 0.676. The minimum atomic E-state index is -0.470. The second-order valence-electron chi connectivity index (χ2n) is 6.81. The minimum Gasteiger partial charge on any atom is -0.444 e. The van der Waals surface area contributed by atoms with Crippen LogP contribution in [0.3, 0.4) is 0 Å². The number of hydrogen-bond acceptors (Lipinski definition) is 5. The van der Waals surface area contributed by atoms with E-state index in [-0.39, 0.29) is 12.1 Å². The molecule has 0 bridgehead atoms. The molecule has 3 heterocycles. The SMILES string of the molecule is CC(C)(C)OC(=O)N1CCCC1CNc1nc2ncccc2[nH]1. The summed E-state index contributed by atoms with van der Waals surface area (Å²) < 4.78 is 5.48. The van der Waals surface area contributed by atoms with Crippen LogP contribution in [0.4, 0.5) is 10.7 Å². The monoisotopic (exact) mass is 317 g/mol. The van der Waals surface area contributed by atoms with Crippen LogP contribution in [0.25, 0.3) is 11.2 Å². The summed E-state index contributed by atoms with van der Waals surface area (Å²) >= 11 is 0. The summed E-state index contributed by atoms with van der Waals surface area (Å²) in [7, 11) is 0. The highest BCUT2D eigenvalue weighted by atomic mass is 16.6. The van der Waals surface area contributed by atoms with Gasteiger partial charge in [0.05, 0.1) is 11.6 Å². The van der Waals surface area contributed by atoms with Gasteiger partial charge >= 0.3 is 6.09 Å². The van der Waals surface area contributed by atoms with Gasteiger partial charge in [-0.2, -0.15) is 4.98 Å². The Morgan fingerprint density at radius 3 is 3.09 bits per heavy atom. The molecule has 1 atom stereocenters. The molecular formula is C16H23N5O2. The van der Waals surface area contributed by atoms with Gasteiger partial charge in [-0.25, -0.2) is 9.78 Å². The standard InChI is InChI=1S/C16H23N5O2/c1-16(2,3)23-15(22)21-9-5-6-11(21)10-18-14-19-12-7-4-8-17-13(12)20-14/h4,7-8,11H,5-6,9-10H2,1-3H3,(H2,17,18,19,20). The zero-order chi connectivity index (χ0) is 16.4. The molecule has 1 amide bonds. The molecule has 1 saturated heterocycles. The smallest absolute Gasteiger partial charge is 0.410 e. The van der Waals surface area contributed by atoms with E-state index in [1.807, 2.05) is 32.9 Å². The number of amides is 1. The molecule has 3 rings (SSSR count). The topological polar surface area (TPSA) is 83.1 Å². The molecule has 0 spiro atoms. The fourth-order valence-electron chi connectivity index (χ4n) is 2.75. The average molecular weight is 317 g/mol. The molecule has 1 aliphatic rings. The molecule has 0 aromatic carbocycles. The van der Waals surface area contributed by atoms with Crippen molar-refractivity contribution in [2.24, 2.45) is 0 Å². The molecule has 2 N–H and O–H groups in total. The van der Waals surface area contributed by atoms with E-state index >= 15 is 0 Å². The number of pyridine rings is 1. The largest absolute Gasteiger partial charge is 0.444 e. The number of H-pyrrole nitrogens is 1. The summed E-state index contributed by atoms with van der Waals surface area (Å²) in [5.41, 5.74) is 1.11. The van der Waals surface area contributed by atoms with Crippen LogP contribution in [0, 0.1) is 0 Å². The number of nitrogens with zero attached hydrogens (tertiary/aromatic N) is 3. The maximum Gasteiger partial charge on any atom is 0.410 e. The Morgan fingerprint density at radius 2 is 2.35 bits per heavy atom. The molecule has 23 heavy (non-hydrogen) atoms. The molecular weight excluding hydrogens is 294 g/mol. The highest BCUT2D eigenvalue weighted by molar-refractivity contribution is 5.73. The normalized spacial score (nSPS) is 18.4. The summed E-state index contributed by atoms with van der Waals surface area (Å²) in [6.07, 6.45) is 3.43. The lowest BCUT2D eigenvalue weighted by Crippen LogP contribution is -2.42. The van der Waals surface area contributed by atoms with E-state index in [9.17, 15) is 4.79 Å². The average Bonchev–Trinajstić information content (AvgIpc) is 3.09. The summed E-state index contributed by atoms with van der Waals surface area (Å²) in [6, 6.07) is 3.92. The molecule has 7 nitrogen and oxygen atoms in total. The van der Waals surface area contributed by atoms with Gasteiger partial charge < -0.3 is 19.9 Å². The summed E-state index contributed by atoms with van der Waals surface area (Å²) in [4.78, 5) is 25.8. The number of rotatable bonds is 3. The number of carbonyl (C=O) groups is 1. The van der Waals surface area contributed by atoms with Gasteiger partial charge in [0, 0.05) is 19.3 Å². The van der Waals surface area contributed by atoms with Crippen molar-refractivity contribution in [1.82, 2.24) is 19.9 Å². The van der Waals surface area contributed by atoms with Gasteiger partial charge in [0.25, 0.3) is 0 Å². The van der Waals surface area contributed by atoms with Crippen molar-refractivity contribution in [3.8, 4) is 0 Å². The fraction of sp³-hybridized carbons (Fsp3) is 0.562. The van der Waals surface area contributed by atoms with Crippen molar-refractivity contribution in [2.75, 3.05) is 18.4 Å². The number of nitrogens with one attached hydrogen (secondary N) is 2. The van der Waals surface area contributed by atoms with Crippen molar-refractivity contribution < 1.29 is 9.53 Å². The van der Waals surface area contributed by atoms with Crippen LogP contribution in [0.5, 0.6) is 0 Å². The number of ether oxygens (including phenoxy) is 1. The van der Waals surface area contributed by atoms with E-state index in [4.69, 9.17) is 4.74 Å². The highest BCUT2D eigenvalue weighted by Gasteiger charge is 2.32. The van der Waals surface area contributed by atoms with E-state index in [0.29, 0.717) is 18.1 Å². The van der Waals surface area contributed by atoms with Crippen molar-refractivity contribution in [2.45, 2.75) is 45.3 Å². The van der Waals surface area contributed by atoms with Gasteiger partial charge in [-0.15, -0.1) is 0 Å². The third-order valence-electron chi connectivity index (χ3n) is 3.77. The zero-order valence-corrected chi connectivity index (χ0v) is 13.8. The van der Waals surface area contributed by atoms with Gasteiger partial charge in [-0.05, 0) is 45.7 Å². The lowest BCUT2D eigenvalue weighted by molar-refractivity contribution is 0.0235. The first-order valence-corrected chi connectivity index (χ1v) is 7.96. The predicted molar refractivity (Wildman–Crippen MR) is 88.3 cm³/mol. The first-order valence-electron chi connectivity index (χ1n) is 7.96. The predicted octanol–water partition coefficient (Wildman–Crippen LogP) is 2.77. The molecule has 0 radical (unpaired) electrons. The Morgan fingerprint density at radius 1 is 1.52 bits per heavy atom. The number of carbonyl (C=O) groups excluding carboxylic acids is 1. The second kappa shape index (κ2) is 6.06. The van der Waals surface area contributed by atoms with Crippen LogP contribution in [0.1, 0.15) is 33.6 Å². The van der Waals surface area contributed by atoms with Crippen LogP contribution in [0.15, 0.2) is 18.3 Å². The quantitative estimate of drug-likeness (QED) is 0.909. The minimum absolute atomic E-state index is 0.117. The van der Waals surface area contributed by atoms with E-state index in [1.165, 1.54) is 0 Å². The van der Waals surface area contributed by atoms with Gasteiger partial charge in [0.2, 0.25) is 5.95 Å². The maximum absolute atomic E-state index is 12.3. The zero-order valence-electron chi connectivity index (χ0n) is 13.8. The number of hydrogen-bond donors (Lipinski definition) is 2.